The molecule has 0 atom stereocenters. The monoisotopic (exact) mass is 466 g/mol. The minimum atomic E-state index is 0.0402. The van der Waals surface area contributed by atoms with Gasteiger partial charge in [0.2, 0.25) is 5.91 Å². The molecule has 1 fully saturated rings. The van der Waals surface area contributed by atoms with E-state index in [1.807, 2.05) is 41.0 Å². The number of amides is 1. The average molecular weight is 467 g/mol. The summed E-state index contributed by atoms with van der Waals surface area (Å²) in [5.41, 5.74) is 3.31. The summed E-state index contributed by atoms with van der Waals surface area (Å²) >= 11 is 1.40. The van der Waals surface area contributed by atoms with Gasteiger partial charge in [0, 0.05) is 6.04 Å². The summed E-state index contributed by atoms with van der Waals surface area (Å²) in [6.07, 6.45) is 4.52. The molecule has 33 heavy (non-hydrogen) atoms. The van der Waals surface area contributed by atoms with E-state index in [0.717, 1.165) is 35.6 Å². The first-order valence-electron chi connectivity index (χ1n) is 11.2. The third kappa shape index (κ3) is 5.68. The van der Waals surface area contributed by atoms with E-state index in [1.165, 1.54) is 30.2 Å². The van der Waals surface area contributed by atoms with Crippen molar-refractivity contribution in [2.45, 2.75) is 57.3 Å². The molecular weight excluding hydrogens is 436 g/mol. The van der Waals surface area contributed by atoms with Gasteiger partial charge in [-0.25, -0.2) is 0 Å². The lowest BCUT2D eigenvalue weighted by Crippen LogP contribution is -2.33. The molecule has 1 aromatic heterocycles. The highest BCUT2D eigenvalue weighted by Gasteiger charge is 2.20. The van der Waals surface area contributed by atoms with Crippen molar-refractivity contribution in [2.75, 3.05) is 12.9 Å². The van der Waals surface area contributed by atoms with E-state index in [0.29, 0.717) is 22.8 Å². The zero-order valence-corrected chi connectivity index (χ0v) is 20.2. The summed E-state index contributed by atoms with van der Waals surface area (Å²) in [4.78, 5) is 12.5. The van der Waals surface area contributed by atoms with Crippen LogP contribution in [0.15, 0.2) is 47.6 Å². The SMILES string of the molecule is COc1ccc(OCc2nnc(SCC(=O)NC3CCCC3)n2-c2cccc(C)c2C)cc1. The molecule has 0 spiro atoms. The number of carbonyl (C=O) groups excluding carboxylic acids is 1. The zero-order valence-electron chi connectivity index (χ0n) is 19.3. The molecule has 0 saturated heterocycles. The van der Waals surface area contributed by atoms with Gasteiger partial charge >= 0.3 is 0 Å². The molecule has 174 valence electrons. The van der Waals surface area contributed by atoms with Crippen molar-refractivity contribution in [1.29, 1.82) is 0 Å². The highest BCUT2D eigenvalue weighted by atomic mass is 32.2. The number of ether oxygens (including phenoxy) is 2. The quantitative estimate of drug-likeness (QED) is 0.464. The number of benzene rings is 2. The van der Waals surface area contributed by atoms with Crippen molar-refractivity contribution < 1.29 is 14.3 Å². The van der Waals surface area contributed by atoms with E-state index in [2.05, 4.69) is 35.4 Å². The molecule has 1 heterocycles. The topological polar surface area (TPSA) is 78.3 Å². The first kappa shape index (κ1) is 23.2. The number of aryl methyl sites for hydroxylation is 1. The molecule has 0 radical (unpaired) electrons. The summed E-state index contributed by atoms with van der Waals surface area (Å²) in [6.45, 7) is 4.42. The smallest absolute Gasteiger partial charge is 0.230 e. The van der Waals surface area contributed by atoms with Crippen LogP contribution in [0.1, 0.15) is 42.6 Å². The number of carbonyl (C=O) groups is 1. The molecule has 4 rings (SSSR count). The van der Waals surface area contributed by atoms with Gasteiger partial charge in [-0.3, -0.25) is 9.36 Å². The molecule has 8 heteroatoms. The molecule has 7 nitrogen and oxygen atoms in total. The van der Waals surface area contributed by atoms with Gasteiger partial charge in [-0.05, 0) is 68.1 Å². The Bertz CT molecular complexity index is 1090. The van der Waals surface area contributed by atoms with Gasteiger partial charge in [0.1, 0.15) is 18.1 Å². The first-order valence-corrected chi connectivity index (χ1v) is 12.2. The van der Waals surface area contributed by atoms with Crippen molar-refractivity contribution in [1.82, 2.24) is 20.1 Å². The Morgan fingerprint density at radius 1 is 1.09 bits per heavy atom. The van der Waals surface area contributed by atoms with Crippen LogP contribution >= 0.6 is 11.8 Å². The lowest BCUT2D eigenvalue weighted by molar-refractivity contribution is -0.119. The lowest BCUT2D eigenvalue weighted by Gasteiger charge is -2.15. The Hall–Kier alpha value is -3.00. The van der Waals surface area contributed by atoms with Crippen LogP contribution in [0.25, 0.3) is 5.69 Å². The molecular formula is C25H30N4O3S. The van der Waals surface area contributed by atoms with E-state index in [-0.39, 0.29) is 12.5 Å². The molecule has 3 aromatic rings. The van der Waals surface area contributed by atoms with Crippen LogP contribution in [0.5, 0.6) is 11.5 Å². The van der Waals surface area contributed by atoms with Gasteiger partial charge in [0.05, 0.1) is 18.6 Å². The van der Waals surface area contributed by atoms with Gasteiger partial charge in [0.25, 0.3) is 0 Å². The van der Waals surface area contributed by atoms with E-state index in [1.54, 1.807) is 7.11 Å². The molecule has 0 unspecified atom stereocenters. The van der Waals surface area contributed by atoms with Gasteiger partial charge in [-0.15, -0.1) is 10.2 Å². The minimum absolute atomic E-state index is 0.0402. The second-order valence-electron chi connectivity index (χ2n) is 8.26. The van der Waals surface area contributed by atoms with Crippen molar-refractivity contribution in [2.24, 2.45) is 0 Å². The molecule has 1 N–H and O–H groups in total. The van der Waals surface area contributed by atoms with Crippen molar-refractivity contribution in [3.8, 4) is 17.2 Å². The van der Waals surface area contributed by atoms with E-state index < -0.39 is 0 Å². The fourth-order valence-corrected chi connectivity index (χ4v) is 4.77. The van der Waals surface area contributed by atoms with Crippen LogP contribution in [-0.4, -0.2) is 39.6 Å². The number of rotatable bonds is 9. The summed E-state index contributed by atoms with van der Waals surface area (Å²) < 4.78 is 13.2. The van der Waals surface area contributed by atoms with Crippen LogP contribution in [0.2, 0.25) is 0 Å². The predicted molar refractivity (Wildman–Crippen MR) is 129 cm³/mol. The second-order valence-corrected chi connectivity index (χ2v) is 9.20. The fraction of sp³-hybridized carbons (Fsp3) is 0.400. The molecule has 2 aromatic carbocycles. The van der Waals surface area contributed by atoms with Gasteiger partial charge in [-0.2, -0.15) is 0 Å². The largest absolute Gasteiger partial charge is 0.497 e. The van der Waals surface area contributed by atoms with E-state index in [4.69, 9.17) is 9.47 Å². The van der Waals surface area contributed by atoms with E-state index >= 15 is 0 Å². The Balaban J connectivity index is 1.53. The second kappa shape index (κ2) is 10.7. The van der Waals surface area contributed by atoms with Gasteiger partial charge in [0.15, 0.2) is 11.0 Å². The summed E-state index contributed by atoms with van der Waals surface area (Å²) in [5, 5.41) is 12.6. The molecule has 0 bridgehead atoms. The molecule has 1 saturated carbocycles. The predicted octanol–water partition coefficient (Wildman–Crippen LogP) is 4.62. The number of nitrogens with zero attached hydrogens (tertiary/aromatic N) is 3. The number of hydrogen-bond acceptors (Lipinski definition) is 6. The normalized spacial score (nSPS) is 13.8. The van der Waals surface area contributed by atoms with Gasteiger partial charge < -0.3 is 14.8 Å². The summed E-state index contributed by atoms with van der Waals surface area (Å²) in [5.74, 6) is 2.52. The molecule has 1 amide bonds. The van der Waals surface area contributed by atoms with Gasteiger partial charge in [-0.1, -0.05) is 36.7 Å². The van der Waals surface area contributed by atoms with E-state index in [9.17, 15) is 4.79 Å². The Morgan fingerprint density at radius 3 is 2.55 bits per heavy atom. The summed E-state index contributed by atoms with van der Waals surface area (Å²) in [7, 11) is 1.63. The maximum absolute atomic E-state index is 12.5. The van der Waals surface area contributed by atoms with Crippen molar-refractivity contribution in [3.05, 3.63) is 59.4 Å². The van der Waals surface area contributed by atoms with Crippen LogP contribution in [0.4, 0.5) is 0 Å². The number of nitrogens with one attached hydrogen (secondary N) is 1. The van der Waals surface area contributed by atoms with Crippen molar-refractivity contribution >= 4 is 17.7 Å². The lowest BCUT2D eigenvalue weighted by atomic mass is 10.1. The maximum atomic E-state index is 12.5. The maximum Gasteiger partial charge on any atom is 0.230 e. The Labute approximate surface area is 198 Å². The highest BCUT2D eigenvalue weighted by molar-refractivity contribution is 7.99. The third-order valence-corrected chi connectivity index (χ3v) is 6.93. The highest BCUT2D eigenvalue weighted by Crippen LogP contribution is 2.27. The minimum Gasteiger partial charge on any atom is -0.497 e. The standard InChI is InChI=1S/C25H30N4O3S/c1-17-7-6-10-22(18(17)2)29-23(15-32-21-13-11-20(31-3)12-14-21)27-28-25(29)33-16-24(30)26-19-8-4-5-9-19/h6-7,10-14,19H,4-5,8-9,15-16H2,1-3H3,(H,26,30). The number of thioether (sulfide) groups is 1. The number of methoxy groups -OCH3 is 1. The molecule has 1 aliphatic carbocycles. The van der Waals surface area contributed by atoms with Crippen LogP contribution in [0, 0.1) is 13.8 Å². The Morgan fingerprint density at radius 2 is 1.82 bits per heavy atom. The number of hydrogen-bond donors (Lipinski definition) is 1. The summed E-state index contributed by atoms with van der Waals surface area (Å²) in [6, 6.07) is 13.9. The van der Waals surface area contributed by atoms with Crippen molar-refractivity contribution in [3.63, 3.8) is 0 Å². The van der Waals surface area contributed by atoms with Crippen LogP contribution in [0.3, 0.4) is 0 Å². The zero-order chi connectivity index (χ0) is 23.2. The first-order chi connectivity index (χ1) is 16.0. The Kier molecular flexibility index (Phi) is 7.54. The molecule has 1 aliphatic rings. The fourth-order valence-electron chi connectivity index (χ4n) is 4.00. The van der Waals surface area contributed by atoms with Crippen LogP contribution < -0.4 is 14.8 Å². The average Bonchev–Trinajstić information content (AvgIpc) is 3.48. The third-order valence-electron chi connectivity index (χ3n) is 6.00. The number of aromatic nitrogens is 3. The van der Waals surface area contributed by atoms with Crippen LogP contribution in [-0.2, 0) is 11.4 Å². The molecule has 0 aliphatic heterocycles.